The summed E-state index contributed by atoms with van der Waals surface area (Å²) in [5.41, 5.74) is 47.6. The van der Waals surface area contributed by atoms with Gasteiger partial charge in [0, 0.05) is 83.9 Å². The van der Waals surface area contributed by atoms with Gasteiger partial charge in [-0.05, 0) is 260 Å². The third kappa shape index (κ3) is 12.1. The van der Waals surface area contributed by atoms with Crippen molar-refractivity contribution >= 4 is 113 Å². The van der Waals surface area contributed by atoms with Crippen LogP contribution in [-0.2, 0) is 63.4 Å². The summed E-state index contributed by atoms with van der Waals surface area (Å²) in [6.07, 6.45) is 11.1. The molecule has 5 aromatic heterocycles. The molecule has 5 unspecified atom stereocenters. The monoisotopic (exact) mass is 1920 g/mol. The second kappa shape index (κ2) is 32.5. The van der Waals surface area contributed by atoms with Gasteiger partial charge >= 0.3 is 0 Å². The summed E-state index contributed by atoms with van der Waals surface area (Å²) < 4.78 is 11.7. The Labute approximate surface area is 843 Å². The normalized spacial score (nSPS) is 19.1. The molecule has 5 nitrogen and oxygen atoms in total. The molecule has 19 aromatic rings. The van der Waals surface area contributed by atoms with Crippen LogP contribution in [0.15, 0.2) is 377 Å². The van der Waals surface area contributed by atoms with Gasteiger partial charge in [0.1, 0.15) is 43.3 Å². The van der Waals surface area contributed by atoms with E-state index in [2.05, 4.69) is 524 Å². The van der Waals surface area contributed by atoms with Crippen molar-refractivity contribution in [2.45, 2.75) is 118 Å². The standard InChI is InChI=1S/C29H28NSi.C28H26NSi.C27H24NSi.C26H22NSi.C22H22NSi/c1-19-13-15-22-23-16-14-20(2)26-27-24(12-9-17-30(27)5)29(3,4)31(28(23)26,25(22)18-19)21-10-7-6-8-11-21;1-19-16-17-22-21-13-8-9-15-24(21)30(20-11-6-5-7-12-20)27(22)25(19)26-23(28(30,2)3)14-10-18-29(26)4;1-18-15-20-17-29(21-9-5-4-6-10-21)24-12-8-7-11-22(24)23-14-13-19(2)25(27(23)29)26(20)28(3)16-18;1-18-14-15-22-21-12-6-7-13-23(21)28(20-10-4-3-5-11-20)17-19-9-8-16-27(2)25(19)24(18)26(22)28;1-14-11-16-13-24(4)19-8-6-5-7-17(19)18-10-9-15(2)20(22(18)24)21(16)23(3)12-14/h6-18H,1-5H3;5-18H,1-4H3;4-16H,17H2,1-3H3;3-16H,17H2,1-2H3;5-12H,13H2,1-4H3/q5*+1. The number of nitrogens with zero attached hydrogens (tertiary/aromatic N) is 5. The molecular formula is C132H122N5Si5+5. The van der Waals surface area contributed by atoms with Crippen molar-refractivity contribution in [2.75, 3.05) is 0 Å². The number of aryl methyl sites for hydroxylation is 13. The van der Waals surface area contributed by atoms with Gasteiger partial charge in [-0.3, -0.25) is 0 Å². The van der Waals surface area contributed by atoms with E-state index in [1.165, 1.54) is 211 Å². The van der Waals surface area contributed by atoms with Crippen LogP contribution >= 0.6 is 0 Å². The molecule has 0 saturated heterocycles. The van der Waals surface area contributed by atoms with Gasteiger partial charge in [-0.25, -0.2) is 22.8 Å². The van der Waals surface area contributed by atoms with Gasteiger partial charge < -0.3 is 0 Å². The van der Waals surface area contributed by atoms with Crippen LogP contribution in [0.1, 0.15) is 100 Å². The number of hydrogen-bond donors (Lipinski definition) is 0. The highest BCUT2D eigenvalue weighted by Gasteiger charge is 2.66. The van der Waals surface area contributed by atoms with Crippen LogP contribution in [0.5, 0.6) is 0 Å². The van der Waals surface area contributed by atoms with Crippen LogP contribution < -0.4 is 95.4 Å². The lowest BCUT2D eigenvalue weighted by Gasteiger charge is -2.48. The summed E-state index contributed by atoms with van der Waals surface area (Å²) in [6, 6.07) is 135. The molecule has 0 amide bonds. The lowest BCUT2D eigenvalue weighted by atomic mass is 9.90. The van der Waals surface area contributed by atoms with Crippen LogP contribution in [-0.4, -0.2) is 40.4 Å². The van der Waals surface area contributed by atoms with E-state index in [-0.39, 0.29) is 10.1 Å². The van der Waals surface area contributed by atoms with Gasteiger partial charge in [0.2, 0.25) is 28.5 Å². The molecule has 14 aromatic carbocycles. The van der Waals surface area contributed by atoms with Gasteiger partial charge in [-0.1, -0.05) is 337 Å². The molecule has 5 atom stereocenters. The average molecular weight is 1920 g/mol. The van der Waals surface area contributed by atoms with Crippen LogP contribution in [0.25, 0.3) is 112 Å². The van der Waals surface area contributed by atoms with Crippen molar-refractivity contribution in [3.63, 3.8) is 0 Å². The fourth-order valence-corrected chi connectivity index (χ4v) is 58.5. The maximum Gasteiger partial charge on any atom is 0.215 e. The summed E-state index contributed by atoms with van der Waals surface area (Å²) in [6.45, 7) is 30.7. The number of benzene rings is 14. The van der Waals surface area contributed by atoms with Gasteiger partial charge in [0.05, 0.1) is 11.1 Å². The molecule has 0 saturated carbocycles. The Balaban J connectivity index is 0.0000000935. The Morgan fingerprint density at radius 3 is 0.965 bits per heavy atom. The molecule has 10 heteroatoms. The van der Waals surface area contributed by atoms with Gasteiger partial charge in [0.15, 0.2) is 63.3 Å². The minimum atomic E-state index is -2.36. The van der Waals surface area contributed by atoms with E-state index in [0.717, 1.165) is 12.1 Å². The number of pyridine rings is 5. The Kier molecular flexibility index (Phi) is 20.4. The molecule has 0 spiro atoms. The minimum absolute atomic E-state index is 0.0112. The number of aromatic nitrogens is 5. The van der Waals surface area contributed by atoms with Crippen LogP contribution in [0.2, 0.25) is 6.55 Å². The second-order valence-electron chi connectivity index (χ2n) is 43.8. The Morgan fingerprint density at radius 1 is 0.225 bits per heavy atom. The highest BCUT2D eigenvalue weighted by atomic mass is 28.3. The predicted molar refractivity (Wildman–Crippen MR) is 603 cm³/mol. The molecule has 0 aliphatic carbocycles. The maximum absolute atomic E-state index is 2.58. The smallest absolute Gasteiger partial charge is 0.201 e. The van der Waals surface area contributed by atoms with Gasteiger partial charge in [0.25, 0.3) is 0 Å². The summed E-state index contributed by atoms with van der Waals surface area (Å²) in [7, 11) is 0.403. The molecule has 29 rings (SSSR count). The zero-order valence-electron chi connectivity index (χ0n) is 85.2. The highest BCUT2D eigenvalue weighted by molar-refractivity contribution is 7.18. The van der Waals surface area contributed by atoms with Crippen LogP contribution in [0, 0.1) is 55.4 Å². The Hall–Kier alpha value is -14.1. The van der Waals surface area contributed by atoms with E-state index in [9.17, 15) is 0 Å². The molecule has 0 N–H and O–H groups in total. The van der Waals surface area contributed by atoms with E-state index in [1.807, 2.05) is 0 Å². The lowest BCUT2D eigenvalue weighted by molar-refractivity contribution is -0.661. The van der Waals surface area contributed by atoms with E-state index in [1.54, 1.807) is 51.9 Å². The number of fused-ring (bicyclic) bond motifs is 25. The van der Waals surface area contributed by atoms with Crippen LogP contribution in [0.4, 0.5) is 0 Å². The number of rotatable bonds is 4. The first-order chi connectivity index (χ1) is 68.7. The quantitative estimate of drug-likeness (QED) is 0.124. The third-order valence-corrected chi connectivity index (χ3v) is 61.2. The molecule has 0 radical (unpaired) electrons. The van der Waals surface area contributed by atoms with E-state index in [0.29, 0.717) is 0 Å². The van der Waals surface area contributed by atoms with E-state index in [4.69, 9.17) is 0 Å². The third-order valence-electron chi connectivity index (χ3n) is 35.2. The topological polar surface area (TPSA) is 19.4 Å². The summed E-state index contributed by atoms with van der Waals surface area (Å²) >= 11 is 0. The van der Waals surface area contributed by atoms with Crippen molar-refractivity contribution in [3.8, 4) is 112 Å². The van der Waals surface area contributed by atoms with Gasteiger partial charge in [-0.2, -0.15) is 0 Å². The molecule has 15 heterocycles. The van der Waals surface area contributed by atoms with Crippen molar-refractivity contribution in [1.82, 2.24) is 0 Å². The summed E-state index contributed by atoms with van der Waals surface area (Å²) in [4.78, 5) is 0. The highest BCUT2D eigenvalue weighted by Crippen LogP contribution is 2.53. The molecular weight excluding hydrogens is 1800 g/mol. The SMILES string of the molecule is Cc1cc2c([n+](C)c1)-c1c(C)ccc3c1[Si](C)(C2)c1ccccc1-3.Cc1cc2c([n+](C)c1)-c1c(C)ccc3c1[Si](c1ccccc1)(C2)c1ccccc1-3.Cc1ccc2c(c1)[Si]1(c3ccccc3)c3c-2ccc(C)c3-c2c(ccc[n+]2C)C1(C)C.Cc1ccc2c3c1-c1c(ccc[n+]1C)C(C)(C)[Si]3(c1ccccc1)c1ccccc1-2.Cc1ccc2c3c1-c1c(ccc[n+]1C)C[Si]3(c1ccccc1)c1ccccc1-2. The van der Waals surface area contributed by atoms with E-state index >= 15 is 0 Å². The van der Waals surface area contributed by atoms with Crippen LogP contribution in [0.3, 0.4) is 0 Å². The van der Waals surface area contributed by atoms with Crippen molar-refractivity contribution in [2.24, 2.45) is 35.2 Å². The fraction of sp³-hybridized carbons (Fsp3) is 0.174. The number of hydrogen-bond acceptors (Lipinski definition) is 0. The largest absolute Gasteiger partial charge is 0.215 e. The Bertz CT molecular complexity index is 8640. The molecule has 0 fully saturated rings. The summed E-state index contributed by atoms with van der Waals surface area (Å²) in [5.74, 6) is 0. The van der Waals surface area contributed by atoms with Crippen molar-refractivity contribution in [1.29, 1.82) is 0 Å². The molecule has 10 aliphatic rings. The fourth-order valence-electron chi connectivity index (χ4n) is 29.8. The Morgan fingerprint density at radius 2 is 0.528 bits per heavy atom. The zero-order valence-corrected chi connectivity index (χ0v) is 90.2. The zero-order chi connectivity index (χ0) is 97.5. The van der Waals surface area contributed by atoms with Crippen molar-refractivity contribution in [3.05, 3.63) is 449 Å². The molecule has 142 heavy (non-hydrogen) atoms. The van der Waals surface area contributed by atoms with Gasteiger partial charge in [-0.15, -0.1) is 0 Å². The maximum atomic E-state index is 2.58. The average Bonchev–Trinajstić information content (AvgIpc) is 1.41. The molecule has 690 valence electrons. The minimum Gasteiger partial charge on any atom is -0.201 e. The summed E-state index contributed by atoms with van der Waals surface area (Å²) in [5, 5.41) is 22.3. The predicted octanol–water partition coefficient (Wildman–Crippen LogP) is 17.3. The molecule has 0 bridgehead atoms. The van der Waals surface area contributed by atoms with E-state index < -0.39 is 40.4 Å². The first kappa shape index (κ1) is 89.3. The first-order valence-electron chi connectivity index (χ1n) is 51.1. The first-order valence-corrected chi connectivity index (χ1v) is 62.2. The molecule has 10 aliphatic heterocycles. The second-order valence-corrected chi connectivity index (χ2v) is 64.1. The lowest BCUT2D eigenvalue weighted by Crippen LogP contribution is -2.77. The van der Waals surface area contributed by atoms with Crippen molar-refractivity contribution < 1.29 is 22.8 Å².